The summed E-state index contributed by atoms with van der Waals surface area (Å²) in [5, 5.41) is 11.2. The fraction of sp³-hybridized carbons (Fsp3) is 0.609. The van der Waals surface area contributed by atoms with Crippen molar-refractivity contribution in [1.82, 2.24) is 0 Å². The van der Waals surface area contributed by atoms with Crippen molar-refractivity contribution in [2.24, 2.45) is 5.92 Å². The van der Waals surface area contributed by atoms with E-state index in [4.69, 9.17) is 8.85 Å². The first-order valence-corrected chi connectivity index (χ1v) is 9.93. The third-order valence-corrected chi connectivity index (χ3v) is 6.08. The van der Waals surface area contributed by atoms with Gasteiger partial charge in [-0.25, -0.2) is 4.79 Å². The van der Waals surface area contributed by atoms with Crippen molar-refractivity contribution in [3.63, 3.8) is 0 Å². The molecule has 0 aromatic heterocycles. The normalized spacial score (nSPS) is 25.0. The minimum absolute atomic E-state index is 0.0420. The molecule has 148 valence electrons. The SMILES string of the molecule is [2H]C([2H])([2H])OC(=O)c1c(CCCCC)cc2c(c1O)[C@@H]1C=C(C)CC[C@H]1C(C)(C)O2. The monoisotopic (exact) mass is 375 g/mol. The molecule has 0 amide bonds. The topological polar surface area (TPSA) is 55.8 Å². The molecule has 0 saturated carbocycles. The van der Waals surface area contributed by atoms with Gasteiger partial charge in [0.1, 0.15) is 22.7 Å². The number of hydrogen-bond donors (Lipinski definition) is 1. The summed E-state index contributed by atoms with van der Waals surface area (Å²) in [7, 11) is -2.87. The first kappa shape index (κ1) is 16.0. The standard InChI is InChI=1S/C23H32O4/c1-6-7-8-9-15-13-18-20(21(24)19(15)22(25)26-5)16-12-14(2)10-11-17(16)23(3,4)27-18/h12-13,16-17,24H,6-11H2,1-5H3/t16-,17-/m1/s1/i5D3. The number of phenols is 1. The highest BCUT2D eigenvalue weighted by Gasteiger charge is 2.46. The zero-order valence-electron chi connectivity index (χ0n) is 19.7. The van der Waals surface area contributed by atoms with Crippen molar-refractivity contribution in [2.75, 3.05) is 7.04 Å². The van der Waals surface area contributed by atoms with Gasteiger partial charge in [-0.05, 0) is 58.1 Å². The molecule has 1 aromatic carbocycles. The Morgan fingerprint density at radius 3 is 2.93 bits per heavy atom. The number of allylic oxidation sites excluding steroid dienone is 2. The van der Waals surface area contributed by atoms with Gasteiger partial charge in [0.15, 0.2) is 0 Å². The summed E-state index contributed by atoms with van der Waals surface area (Å²) in [5.74, 6) is -0.593. The predicted octanol–water partition coefficient (Wildman–Crippen LogP) is 5.52. The van der Waals surface area contributed by atoms with E-state index in [1.54, 1.807) is 6.07 Å². The maximum Gasteiger partial charge on any atom is 0.341 e. The molecule has 0 bridgehead atoms. The van der Waals surface area contributed by atoms with E-state index in [1.807, 2.05) is 0 Å². The number of carbonyl (C=O) groups excluding carboxylic acids is 1. The second-order valence-electron chi connectivity index (χ2n) is 8.41. The van der Waals surface area contributed by atoms with E-state index >= 15 is 0 Å². The molecule has 0 fully saturated rings. The maximum atomic E-state index is 12.8. The number of fused-ring (bicyclic) bond motifs is 3. The third kappa shape index (κ3) is 3.59. The highest BCUT2D eigenvalue weighted by Crippen LogP contribution is 2.54. The molecule has 1 aliphatic carbocycles. The van der Waals surface area contributed by atoms with Gasteiger partial charge >= 0.3 is 5.97 Å². The van der Waals surface area contributed by atoms with Gasteiger partial charge in [0.05, 0.1) is 11.2 Å². The molecule has 2 atom stereocenters. The fourth-order valence-corrected chi connectivity index (χ4v) is 4.65. The Morgan fingerprint density at radius 1 is 1.44 bits per heavy atom. The van der Waals surface area contributed by atoms with Crippen LogP contribution in [0.4, 0.5) is 0 Å². The molecular weight excluding hydrogens is 340 g/mol. The molecule has 27 heavy (non-hydrogen) atoms. The zero-order chi connectivity index (χ0) is 22.3. The minimum atomic E-state index is -2.87. The van der Waals surface area contributed by atoms with Crippen LogP contribution in [0.1, 0.15) is 91.3 Å². The summed E-state index contributed by atoms with van der Waals surface area (Å²) in [6, 6.07) is 1.80. The van der Waals surface area contributed by atoms with Crippen molar-refractivity contribution in [1.29, 1.82) is 0 Å². The van der Waals surface area contributed by atoms with Crippen molar-refractivity contribution in [2.45, 2.75) is 77.7 Å². The van der Waals surface area contributed by atoms with Crippen LogP contribution in [-0.4, -0.2) is 23.7 Å². The van der Waals surface area contributed by atoms with Crippen LogP contribution in [0.3, 0.4) is 0 Å². The molecule has 1 aliphatic heterocycles. The minimum Gasteiger partial charge on any atom is -0.507 e. The molecule has 2 aliphatic rings. The number of benzene rings is 1. The van der Waals surface area contributed by atoms with E-state index in [-0.39, 0.29) is 23.1 Å². The number of unbranched alkanes of at least 4 members (excludes halogenated alkanes) is 2. The summed E-state index contributed by atoms with van der Waals surface area (Å²) in [6.07, 6.45) is 7.35. The highest BCUT2D eigenvalue weighted by atomic mass is 16.5. The molecule has 0 saturated heterocycles. The summed E-state index contributed by atoms with van der Waals surface area (Å²) in [6.45, 7) is 8.27. The first-order valence-electron chi connectivity index (χ1n) is 11.4. The summed E-state index contributed by atoms with van der Waals surface area (Å²) >= 11 is 0. The lowest BCUT2D eigenvalue weighted by atomic mass is 9.67. The predicted molar refractivity (Wildman–Crippen MR) is 107 cm³/mol. The van der Waals surface area contributed by atoms with E-state index in [0.717, 1.165) is 32.1 Å². The van der Waals surface area contributed by atoms with Crippen LogP contribution in [-0.2, 0) is 11.2 Å². The average Bonchev–Trinajstić information content (AvgIpc) is 2.59. The molecule has 1 N–H and O–H groups in total. The Kier molecular flexibility index (Phi) is 4.49. The number of hydrogen-bond acceptors (Lipinski definition) is 4. The van der Waals surface area contributed by atoms with Gasteiger partial charge in [-0.2, -0.15) is 0 Å². The van der Waals surface area contributed by atoms with Crippen LogP contribution in [0.5, 0.6) is 11.5 Å². The molecular formula is C23H32O4. The van der Waals surface area contributed by atoms with E-state index in [0.29, 0.717) is 23.3 Å². The Labute approximate surface area is 166 Å². The number of ether oxygens (including phenoxy) is 2. The Morgan fingerprint density at radius 2 is 2.22 bits per heavy atom. The van der Waals surface area contributed by atoms with Gasteiger partial charge in [-0.3, -0.25) is 0 Å². The summed E-state index contributed by atoms with van der Waals surface area (Å²) < 4.78 is 32.9. The molecule has 0 unspecified atom stereocenters. The van der Waals surface area contributed by atoms with E-state index in [1.165, 1.54) is 5.57 Å². The number of aryl methyl sites for hydroxylation is 1. The third-order valence-electron chi connectivity index (χ3n) is 6.08. The second-order valence-corrected chi connectivity index (χ2v) is 8.41. The van der Waals surface area contributed by atoms with Gasteiger partial charge in [0, 0.05) is 17.4 Å². The van der Waals surface area contributed by atoms with Crippen molar-refractivity contribution < 1.29 is 23.5 Å². The molecule has 4 heteroatoms. The lowest BCUT2D eigenvalue weighted by Crippen LogP contribution is -2.45. The molecule has 0 spiro atoms. The van der Waals surface area contributed by atoms with Crippen LogP contribution in [0.15, 0.2) is 17.7 Å². The Balaban J connectivity index is 2.16. The molecule has 0 radical (unpaired) electrons. The number of aromatic hydroxyl groups is 1. The van der Waals surface area contributed by atoms with Gasteiger partial charge in [-0.15, -0.1) is 0 Å². The quantitative estimate of drug-likeness (QED) is 0.418. The van der Waals surface area contributed by atoms with Gasteiger partial charge < -0.3 is 14.6 Å². The smallest absolute Gasteiger partial charge is 0.341 e. The Bertz CT molecular complexity index is 855. The van der Waals surface area contributed by atoms with Crippen LogP contribution in [0.2, 0.25) is 0 Å². The molecule has 1 heterocycles. The molecule has 3 rings (SSSR count). The van der Waals surface area contributed by atoms with Crippen molar-refractivity contribution in [3.8, 4) is 11.5 Å². The number of methoxy groups -OCH3 is 1. The highest BCUT2D eigenvalue weighted by molar-refractivity contribution is 5.95. The summed E-state index contributed by atoms with van der Waals surface area (Å²) in [5.41, 5.74) is 1.91. The first-order chi connectivity index (χ1) is 13.9. The largest absolute Gasteiger partial charge is 0.507 e. The van der Waals surface area contributed by atoms with Crippen LogP contribution >= 0.6 is 0 Å². The number of phenolic OH excluding ortho intramolecular Hbond substituents is 1. The average molecular weight is 376 g/mol. The summed E-state index contributed by atoms with van der Waals surface area (Å²) in [4.78, 5) is 12.8. The number of esters is 1. The van der Waals surface area contributed by atoms with Crippen LogP contribution in [0, 0.1) is 5.92 Å². The molecule has 1 aromatic rings. The number of rotatable bonds is 5. The van der Waals surface area contributed by atoms with Crippen molar-refractivity contribution >= 4 is 5.97 Å². The maximum absolute atomic E-state index is 12.8. The van der Waals surface area contributed by atoms with Gasteiger partial charge in [0.25, 0.3) is 0 Å². The fourth-order valence-electron chi connectivity index (χ4n) is 4.65. The number of carbonyl (C=O) groups is 1. The van der Waals surface area contributed by atoms with Crippen LogP contribution < -0.4 is 4.74 Å². The van der Waals surface area contributed by atoms with E-state index in [9.17, 15) is 9.90 Å². The zero-order valence-corrected chi connectivity index (χ0v) is 16.7. The van der Waals surface area contributed by atoms with Crippen molar-refractivity contribution in [3.05, 3.63) is 34.4 Å². The lowest BCUT2D eigenvalue weighted by Gasteiger charge is -2.46. The van der Waals surface area contributed by atoms with E-state index in [2.05, 4.69) is 38.5 Å². The van der Waals surface area contributed by atoms with E-state index < -0.39 is 18.6 Å². The Hall–Kier alpha value is -1.97. The van der Waals surface area contributed by atoms with Gasteiger partial charge in [-0.1, -0.05) is 31.4 Å². The second kappa shape index (κ2) is 7.57. The van der Waals surface area contributed by atoms with Crippen LogP contribution in [0.25, 0.3) is 0 Å². The molecule has 4 nitrogen and oxygen atoms in total. The lowest BCUT2D eigenvalue weighted by molar-refractivity contribution is 0.0106. The van der Waals surface area contributed by atoms with Gasteiger partial charge in [0.2, 0.25) is 0 Å².